The first kappa shape index (κ1) is 23.2. The highest BCUT2D eigenvalue weighted by Crippen LogP contribution is 2.30. The van der Waals surface area contributed by atoms with Crippen molar-refractivity contribution in [2.45, 2.75) is 12.8 Å². The van der Waals surface area contributed by atoms with Crippen LogP contribution >= 0.6 is 0 Å². The molecular formula is C34H28O2. The van der Waals surface area contributed by atoms with Crippen molar-refractivity contribution in [3.05, 3.63) is 156 Å². The van der Waals surface area contributed by atoms with E-state index >= 15 is 0 Å². The largest absolute Gasteiger partial charge is 0.507 e. The molecule has 0 heterocycles. The van der Waals surface area contributed by atoms with E-state index in [1.807, 2.05) is 78.9 Å². The second-order valence-corrected chi connectivity index (χ2v) is 8.91. The van der Waals surface area contributed by atoms with Gasteiger partial charge in [0.1, 0.15) is 11.5 Å². The van der Waals surface area contributed by atoms with Gasteiger partial charge in [0, 0.05) is 17.2 Å². The van der Waals surface area contributed by atoms with Crippen LogP contribution < -0.4 is 0 Å². The van der Waals surface area contributed by atoms with E-state index in [0.717, 1.165) is 39.9 Å². The number of aromatic hydroxyl groups is 2. The third-order valence-corrected chi connectivity index (χ3v) is 6.45. The average molecular weight is 469 g/mol. The number of phenols is 2. The fraction of sp³-hybridized carbons (Fsp3) is 0.0588. The lowest BCUT2D eigenvalue weighted by molar-refractivity contribution is 0.476. The first-order chi connectivity index (χ1) is 17.7. The number of benzene rings is 6. The van der Waals surface area contributed by atoms with Crippen molar-refractivity contribution in [3.8, 4) is 11.5 Å². The third kappa shape index (κ3) is 5.24. The summed E-state index contributed by atoms with van der Waals surface area (Å²) in [5.74, 6) is 0.749. The van der Waals surface area contributed by atoms with Crippen LogP contribution in [0, 0.1) is 0 Å². The molecule has 0 radical (unpaired) electrons. The molecule has 0 aliphatic carbocycles. The molecule has 6 aromatic carbocycles. The second kappa shape index (κ2) is 10.8. The minimum absolute atomic E-state index is 0.349. The SMILES string of the molecule is Oc1c(Cc2ccccc2)ccc2ccccc12.Oc1ccc(Cc2ccccc2)c2ccccc12. The minimum atomic E-state index is 0.349. The van der Waals surface area contributed by atoms with E-state index in [1.54, 1.807) is 6.07 Å². The molecule has 2 heteroatoms. The Hall–Kier alpha value is -4.56. The minimum Gasteiger partial charge on any atom is -0.507 e. The standard InChI is InChI=1S/2C17H14O/c18-17-11-10-14(12-13-6-2-1-3-7-13)15-8-4-5-9-16(15)17;18-17-15(12-13-6-2-1-3-7-13)11-10-14-8-4-5-9-16(14)17/h2*1-11,18H,12H2. The summed E-state index contributed by atoms with van der Waals surface area (Å²) in [5.41, 5.74) is 4.71. The lowest BCUT2D eigenvalue weighted by Gasteiger charge is -2.08. The summed E-state index contributed by atoms with van der Waals surface area (Å²) in [4.78, 5) is 0. The van der Waals surface area contributed by atoms with Gasteiger partial charge in [0.05, 0.1) is 0 Å². The lowest BCUT2D eigenvalue weighted by atomic mass is 9.98. The maximum atomic E-state index is 10.3. The quantitative estimate of drug-likeness (QED) is 0.273. The van der Waals surface area contributed by atoms with Crippen LogP contribution in [0.2, 0.25) is 0 Å². The fourth-order valence-electron chi connectivity index (χ4n) is 4.57. The van der Waals surface area contributed by atoms with Gasteiger partial charge < -0.3 is 10.2 Å². The summed E-state index contributed by atoms with van der Waals surface area (Å²) in [5, 5.41) is 24.2. The fourth-order valence-corrected chi connectivity index (χ4v) is 4.57. The van der Waals surface area contributed by atoms with Crippen LogP contribution in [0.1, 0.15) is 22.3 Å². The van der Waals surface area contributed by atoms with E-state index in [1.165, 1.54) is 16.7 Å². The number of phenolic OH excluding ortho intramolecular Hbond substituents is 2. The Kier molecular flexibility index (Phi) is 6.95. The summed E-state index contributed by atoms with van der Waals surface area (Å²) in [6.45, 7) is 0. The maximum absolute atomic E-state index is 10.3. The second-order valence-electron chi connectivity index (χ2n) is 8.91. The smallest absolute Gasteiger partial charge is 0.126 e. The molecule has 6 aromatic rings. The monoisotopic (exact) mass is 468 g/mol. The van der Waals surface area contributed by atoms with Crippen molar-refractivity contribution in [2.24, 2.45) is 0 Å². The predicted octanol–water partition coefficient (Wildman–Crippen LogP) is 8.27. The van der Waals surface area contributed by atoms with Crippen LogP contribution in [0.15, 0.2) is 133 Å². The third-order valence-electron chi connectivity index (χ3n) is 6.45. The van der Waals surface area contributed by atoms with E-state index in [4.69, 9.17) is 0 Å². The predicted molar refractivity (Wildman–Crippen MR) is 150 cm³/mol. The Bertz CT molecular complexity index is 1580. The highest BCUT2D eigenvalue weighted by atomic mass is 16.3. The zero-order valence-electron chi connectivity index (χ0n) is 20.0. The van der Waals surface area contributed by atoms with Crippen LogP contribution in [-0.2, 0) is 12.8 Å². The van der Waals surface area contributed by atoms with Gasteiger partial charge in [-0.3, -0.25) is 0 Å². The van der Waals surface area contributed by atoms with Crippen LogP contribution in [-0.4, -0.2) is 10.2 Å². The summed E-state index contributed by atoms with van der Waals surface area (Å²) < 4.78 is 0. The highest BCUT2D eigenvalue weighted by molar-refractivity contribution is 5.91. The van der Waals surface area contributed by atoms with Crippen LogP contribution in [0.3, 0.4) is 0 Å². The van der Waals surface area contributed by atoms with Gasteiger partial charge in [0.2, 0.25) is 0 Å². The summed E-state index contributed by atoms with van der Waals surface area (Å²) in [6, 6.07) is 44.3. The molecule has 36 heavy (non-hydrogen) atoms. The molecule has 2 N–H and O–H groups in total. The molecule has 0 atom stereocenters. The Labute approximate surface area is 211 Å². The van der Waals surface area contributed by atoms with Gasteiger partial charge in [-0.1, -0.05) is 127 Å². The molecule has 0 aliphatic heterocycles. The highest BCUT2D eigenvalue weighted by Gasteiger charge is 2.07. The molecule has 0 aliphatic rings. The van der Waals surface area contributed by atoms with Crippen molar-refractivity contribution in [1.29, 1.82) is 0 Å². The topological polar surface area (TPSA) is 40.5 Å². The first-order valence-corrected chi connectivity index (χ1v) is 12.2. The van der Waals surface area contributed by atoms with Gasteiger partial charge in [0.25, 0.3) is 0 Å². The molecular weight excluding hydrogens is 440 g/mol. The Balaban J connectivity index is 0.000000148. The van der Waals surface area contributed by atoms with Crippen molar-refractivity contribution >= 4 is 21.5 Å². The van der Waals surface area contributed by atoms with Crippen molar-refractivity contribution < 1.29 is 10.2 Å². The molecule has 0 amide bonds. The first-order valence-electron chi connectivity index (χ1n) is 12.2. The molecule has 0 saturated heterocycles. The zero-order valence-corrected chi connectivity index (χ0v) is 20.0. The van der Waals surface area contributed by atoms with E-state index in [9.17, 15) is 10.2 Å². The Morgan fingerprint density at radius 2 is 0.889 bits per heavy atom. The van der Waals surface area contributed by atoms with E-state index in [0.29, 0.717) is 11.5 Å². The maximum Gasteiger partial charge on any atom is 0.126 e. The van der Waals surface area contributed by atoms with Gasteiger partial charge in [-0.05, 0) is 45.5 Å². The molecule has 176 valence electrons. The molecule has 0 aromatic heterocycles. The molecule has 0 unspecified atom stereocenters. The number of rotatable bonds is 4. The Morgan fingerprint density at radius 1 is 0.389 bits per heavy atom. The molecule has 2 nitrogen and oxygen atoms in total. The summed E-state index contributed by atoms with van der Waals surface area (Å²) in [7, 11) is 0. The lowest BCUT2D eigenvalue weighted by Crippen LogP contribution is -1.89. The Morgan fingerprint density at radius 3 is 1.56 bits per heavy atom. The number of hydrogen-bond acceptors (Lipinski definition) is 2. The van der Waals surface area contributed by atoms with E-state index in [-0.39, 0.29) is 0 Å². The molecule has 0 saturated carbocycles. The van der Waals surface area contributed by atoms with Gasteiger partial charge in [-0.25, -0.2) is 0 Å². The molecule has 0 bridgehead atoms. The van der Waals surface area contributed by atoms with Crippen molar-refractivity contribution in [3.63, 3.8) is 0 Å². The van der Waals surface area contributed by atoms with E-state index in [2.05, 4.69) is 48.5 Å². The molecule has 0 fully saturated rings. The normalized spacial score (nSPS) is 10.7. The van der Waals surface area contributed by atoms with E-state index < -0.39 is 0 Å². The van der Waals surface area contributed by atoms with Crippen molar-refractivity contribution in [2.75, 3.05) is 0 Å². The van der Waals surface area contributed by atoms with Crippen LogP contribution in [0.5, 0.6) is 11.5 Å². The van der Waals surface area contributed by atoms with Gasteiger partial charge in [-0.2, -0.15) is 0 Å². The summed E-state index contributed by atoms with van der Waals surface area (Å²) >= 11 is 0. The van der Waals surface area contributed by atoms with Gasteiger partial charge in [0.15, 0.2) is 0 Å². The number of fused-ring (bicyclic) bond motifs is 2. The van der Waals surface area contributed by atoms with Gasteiger partial charge >= 0.3 is 0 Å². The number of hydrogen-bond donors (Lipinski definition) is 2. The van der Waals surface area contributed by atoms with Crippen LogP contribution in [0.4, 0.5) is 0 Å². The van der Waals surface area contributed by atoms with Crippen molar-refractivity contribution in [1.82, 2.24) is 0 Å². The average Bonchev–Trinajstić information content (AvgIpc) is 2.94. The summed E-state index contributed by atoms with van der Waals surface area (Å²) in [6.07, 6.45) is 1.65. The molecule has 6 rings (SSSR count). The zero-order chi connectivity index (χ0) is 24.7. The molecule has 0 spiro atoms. The van der Waals surface area contributed by atoms with Crippen LogP contribution in [0.25, 0.3) is 21.5 Å². The van der Waals surface area contributed by atoms with Gasteiger partial charge in [-0.15, -0.1) is 0 Å².